The van der Waals surface area contributed by atoms with Crippen LogP contribution in [0.4, 0.5) is 11.4 Å². The van der Waals surface area contributed by atoms with Crippen molar-refractivity contribution in [2.75, 3.05) is 5.32 Å². The highest BCUT2D eigenvalue weighted by molar-refractivity contribution is 9.10. The zero-order valence-electron chi connectivity index (χ0n) is 10.7. The van der Waals surface area contributed by atoms with Crippen LogP contribution >= 0.6 is 15.9 Å². The summed E-state index contributed by atoms with van der Waals surface area (Å²) in [6.07, 6.45) is 0. The Balaban J connectivity index is 2.33. The number of hydrogen-bond donors (Lipinski definition) is 2. The number of para-hydroxylation sites is 1. The highest BCUT2D eigenvalue weighted by Gasteiger charge is 2.20. The van der Waals surface area contributed by atoms with Crippen LogP contribution in [-0.4, -0.2) is 16.0 Å². The third-order valence-electron chi connectivity index (χ3n) is 2.83. The molecule has 2 aromatic carbocycles. The fourth-order valence-corrected chi connectivity index (χ4v) is 2.34. The quantitative estimate of drug-likeness (QED) is 0.633. The van der Waals surface area contributed by atoms with Gasteiger partial charge in [-0.05, 0) is 23.8 Å². The van der Waals surface area contributed by atoms with E-state index in [9.17, 15) is 14.9 Å². The number of hydrogen-bond acceptors (Lipinski definition) is 4. The molecule has 2 rings (SSSR count). The predicted molar refractivity (Wildman–Crippen MR) is 81.5 cm³/mol. The molecular weight excluding hydrogens is 340 g/mol. The summed E-state index contributed by atoms with van der Waals surface area (Å²) in [5.41, 5.74) is 0.498. The van der Waals surface area contributed by atoms with Gasteiger partial charge < -0.3 is 10.4 Å². The van der Waals surface area contributed by atoms with Crippen molar-refractivity contribution in [1.29, 1.82) is 0 Å². The minimum Gasteiger partial charge on any atom is -0.478 e. The number of aromatic carboxylic acids is 1. The van der Waals surface area contributed by atoms with E-state index >= 15 is 0 Å². The van der Waals surface area contributed by atoms with E-state index in [0.717, 1.165) is 10.0 Å². The lowest BCUT2D eigenvalue weighted by molar-refractivity contribution is -0.384. The number of nitrogens with one attached hydrogen (secondary N) is 1. The van der Waals surface area contributed by atoms with Gasteiger partial charge >= 0.3 is 5.97 Å². The smallest absolute Gasteiger partial charge is 0.338 e. The Morgan fingerprint density at radius 3 is 2.62 bits per heavy atom. The first-order valence-electron chi connectivity index (χ1n) is 5.98. The fraction of sp³-hybridized carbons (Fsp3) is 0.0714. The fourth-order valence-electron chi connectivity index (χ4n) is 1.89. The van der Waals surface area contributed by atoms with E-state index in [1.165, 1.54) is 18.2 Å². The van der Waals surface area contributed by atoms with Crippen molar-refractivity contribution in [3.63, 3.8) is 0 Å². The minimum absolute atomic E-state index is 0.00924. The van der Waals surface area contributed by atoms with Crippen LogP contribution in [0.15, 0.2) is 46.9 Å². The number of benzene rings is 2. The molecule has 7 heteroatoms. The topological polar surface area (TPSA) is 92.5 Å². The van der Waals surface area contributed by atoms with E-state index < -0.39 is 10.9 Å². The van der Waals surface area contributed by atoms with Crippen LogP contribution in [0.1, 0.15) is 15.9 Å². The summed E-state index contributed by atoms with van der Waals surface area (Å²) in [6, 6.07) is 11.3. The molecule has 0 spiro atoms. The summed E-state index contributed by atoms with van der Waals surface area (Å²) in [7, 11) is 0. The van der Waals surface area contributed by atoms with Gasteiger partial charge in [-0.1, -0.05) is 34.1 Å². The summed E-state index contributed by atoms with van der Waals surface area (Å²) in [6.45, 7) is 0.282. The van der Waals surface area contributed by atoms with Crippen LogP contribution < -0.4 is 5.32 Å². The number of carbonyl (C=O) groups is 1. The van der Waals surface area contributed by atoms with Crippen LogP contribution in [0.2, 0.25) is 0 Å². The van der Waals surface area contributed by atoms with Crippen LogP contribution in [0, 0.1) is 10.1 Å². The number of nitrogens with zero attached hydrogens (tertiary/aromatic N) is 1. The van der Waals surface area contributed by atoms with Crippen molar-refractivity contribution >= 4 is 33.3 Å². The lowest BCUT2D eigenvalue weighted by Crippen LogP contribution is -2.09. The number of carboxylic acid groups (broad SMARTS) is 1. The third kappa shape index (κ3) is 3.57. The average Bonchev–Trinajstić information content (AvgIpc) is 2.44. The molecule has 0 aromatic heterocycles. The molecule has 0 fully saturated rings. The van der Waals surface area contributed by atoms with Gasteiger partial charge in [0.15, 0.2) is 0 Å². The van der Waals surface area contributed by atoms with Gasteiger partial charge in [0.2, 0.25) is 0 Å². The van der Waals surface area contributed by atoms with Crippen molar-refractivity contribution in [3.8, 4) is 0 Å². The second-order valence-corrected chi connectivity index (χ2v) is 5.16. The third-order valence-corrected chi connectivity index (χ3v) is 3.32. The standard InChI is InChI=1S/C14H11BrN2O4/c15-10-4-1-3-9(7-10)8-16-13-11(14(18)19)5-2-6-12(13)17(20)21/h1-7,16H,8H2,(H,18,19). The molecule has 2 aromatic rings. The molecule has 0 amide bonds. The molecule has 0 unspecified atom stereocenters. The van der Waals surface area contributed by atoms with Crippen molar-refractivity contribution in [2.45, 2.75) is 6.54 Å². The van der Waals surface area contributed by atoms with Gasteiger partial charge in [-0.3, -0.25) is 10.1 Å². The second kappa shape index (κ2) is 6.36. The lowest BCUT2D eigenvalue weighted by Gasteiger charge is -2.10. The molecule has 2 N–H and O–H groups in total. The van der Waals surface area contributed by atoms with Crippen LogP contribution in [-0.2, 0) is 6.54 Å². The van der Waals surface area contributed by atoms with Gasteiger partial charge in [0, 0.05) is 17.1 Å². The Hall–Kier alpha value is -2.41. The van der Waals surface area contributed by atoms with E-state index in [0.29, 0.717) is 0 Å². The maximum absolute atomic E-state index is 11.2. The predicted octanol–water partition coefficient (Wildman–Crippen LogP) is 3.67. The van der Waals surface area contributed by atoms with E-state index in [1.54, 1.807) is 0 Å². The molecule has 108 valence electrons. The molecule has 0 bridgehead atoms. The molecule has 0 saturated heterocycles. The largest absolute Gasteiger partial charge is 0.478 e. The van der Waals surface area contributed by atoms with Gasteiger partial charge in [0.25, 0.3) is 5.69 Å². The average molecular weight is 351 g/mol. The van der Waals surface area contributed by atoms with Gasteiger partial charge in [0.05, 0.1) is 10.5 Å². The number of halogens is 1. The van der Waals surface area contributed by atoms with Crippen molar-refractivity contribution < 1.29 is 14.8 Å². The van der Waals surface area contributed by atoms with Crippen LogP contribution in [0.25, 0.3) is 0 Å². The Morgan fingerprint density at radius 2 is 2.00 bits per heavy atom. The molecule has 0 radical (unpaired) electrons. The van der Waals surface area contributed by atoms with Crippen molar-refractivity contribution in [3.05, 3.63) is 68.2 Å². The first-order valence-corrected chi connectivity index (χ1v) is 6.77. The summed E-state index contributed by atoms with van der Waals surface area (Å²) < 4.78 is 0.878. The molecule has 21 heavy (non-hydrogen) atoms. The number of rotatable bonds is 5. The number of carboxylic acids is 1. The summed E-state index contributed by atoms with van der Waals surface area (Å²) in [5.74, 6) is -1.21. The molecule has 0 atom stereocenters. The number of nitro groups is 1. The highest BCUT2D eigenvalue weighted by atomic mass is 79.9. The Bertz CT molecular complexity index is 671. The van der Waals surface area contributed by atoms with E-state index in [1.807, 2.05) is 24.3 Å². The number of nitro benzene ring substituents is 1. The van der Waals surface area contributed by atoms with E-state index in [4.69, 9.17) is 5.11 Å². The zero-order chi connectivity index (χ0) is 15.4. The lowest BCUT2D eigenvalue weighted by atomic mass is 10.1. The maximum Gasteiger partial charge on any atom is 0.338 e. The Kier molecular flexibility index (Phi) is 4.54. The molecule has 0 aliphatic heterocycles. The molecule has 0 heterocycles. The van der Waals surface area contributed by atoms with E-state index in [-0.39, 0.29) is 23.5 Å². The van der Waals surface area contributed by atoms with Gasteiger partial charge in [0.1, 0.15) is 5.69 Å². The van der Waals surface area contributed by atoms with Crippen LogP contribution in [0.5, 0.6) is 0 Å². The first kappa shape index (κ1) is 15.0. The first-order chi connectivity index (χ1) is 9.99. The van der Waals surface area contributed by atoms with Crippen molar-refractivity contribution in [2.24, 2.45) is 0 Å². The summed E-state index contributed by atoms with van der Waals surface area (Å²) >= 11 is 3.33. The van der Waals surface area contributed by atoms with Gasteiger partial charge in [-0.25, -0.2) is 4.79 Å². The van der Waals surface area contributed by atoms with Crippen LogP contribution in [0.3, 0.4) is 0 Å². The molecule has 6 nitrogen and oxygen atoms in total. The summed E-state index contributed by atoms with van der Waals surface area (Å²) in [5, 5.41) is 23.0. The highest BCUT2D eigenvalue weighted by Crippen LogP contribution is 2.29. The van der Waals surface area contributed by atoms with E-state index in [2.05, 4.69) is 21.2 Å². The Morgan fingerprint density at radius 1 is 1.29 bits per heavy atom. The van der Waals surface area contributed by atoms with Gasteiger partial charge in [-0.2, -0.15) is 0 Å². The molecular formula is C14H11BrN2O4. The summed E-state index contributed by atoms with van der Waals surface area (Å²) in [4.78, 5) is 21.6. The second-order valence-electron chi connectivity index (χ2n) is 4.25. The number of anilines is 1. The Labute approximate surface area is 128 Å². The molecule has 0 saturated carbocycles. The minimum atomic E-state index is -1.21. The normalized spacial score (nSPS) is 10.1. The maximum atomic E-state index is 11.2. The molecule has 0 aliphatic carbocycles. The van der Waals surface area contributed by atoms with Crippen molar-refractivity contribution in [1.82, 2.24) is 0 Å². The molecule has 0 aliphatic rings. The SMILES string of the molecule is O=C(O)c1cccc([N+](=O)[O-])c1NCc1cccc(Br)c1. The van der Waals surface area contributed by atoms with Gasteiger partial charge in [-0.15, -0.1) is 0 Å². The monoisotopic (exact) mass is 350 g/mol. The zero-order valence-corrected chi connectivity index (χ0v) is 12.3.